The number of pyridine rings is 1. The van der Waals surface area contributed by atoms with Crippen LogP contribution in [0.4, 0.5) is 19.0 Å². The fourth-order valence-corrected chi connectivity index (χ4v) is 3.06. The third kappa shape index (κ3) is 4.36. The fourth-order valence-electron chi connectivity index (χ4n) is 2.62. The molecule has 0 aliphatic heterocycles. The number of carbonyl (C=O) groups is 1. The summed E-state index contributed by atoms with van der Waals surface area (Å²) in [6.45, 7) is 1.81. The van der Waals surface area contributed by atoms with Gasteiger partial charge in [-0.25, -0.2) is 4.98 Å². The number of nitrogens with one attached hydrogen (secondary N) is 1. The van der Waals surface area contributed by atoms with Gasteiger partial charge < -0.3 is 5.32 Å². The molecule has 0 saturated carbocycles. The molecule has 138 valence electrons. The van der Waals surface area contributed by atoms with Crippen molar-refractivity contribution in [3.63, 3.8) is 0 Å². The van der Waals surface area contributed by atoms with E-state index in [0.29, 0.717) is 22.5 Å². The van der Waals surface area contributed by atoms with E-state index in [9.17, 15) is 18.0 Å². The number of nitrogens with zero attached hydrogens (tertiary/aromatic N) is 1. The Labute approximate surface area is 162 Å². The molecule has 2 aromatic carbocycles. The highest BCUT2D eigenvalue weighted by Crippen LogP contribution is 2.32. The van der Waals surface area contributed by atoms with Crippen LogP contribution >= 0.6 is 15.9 Å². The third-order valence-electron chi connectivity index (χ3n) is 3.97. The minimum atomic E-state index is -4.40. The van der Waals surface area contributed by atoms with Gasteiger partial charge in [0.2, 0.25) is 0 Å². The topological polar surface area (TPSA) is 42.0 Å². The lowest BCUT2D eigenvalue weighted by Crippen LogP contribution is -2.15. The number of aryl methyl sites for hydroxylation is 1. The number of alkyl halides is 3. The van der Waals surface area contributed by atoms with E-state index in [2.05, 4.69) is 26.2 Å². The van der Waals surface area contributed by atoms with E-state index in [0.717, 1.165) is 22.2 Å². The fraction of sp³-hybridized carbons (Fsp3) is 0.100. The summed E-state index contributed by atoms with van der Waals surface area (Å²) in [6, 6.07) is 13.3. The van der Waals surface area contributed by atoms with E-state index < -0.39 is 11.7 Å². The highest BCUT2D eigenvalue weighted by Gasteiger charge is 2.30. The molecule has 0 aliphatic carbocycles. The molecule has 1 N–H and O–H groups in total. The zero-order valence-corrected chi connectivity index (χ0v) is 15.7. The Kier molecular flexibility index (Phi) is 5.32. The van der Waals surface area contributed by atoms with Crippen LogP contribution in [0.3, 0.4) is 0 Å². The molecule has 0 saturated heterocycles. The molecule has 0 fully saturated rings. The first kappa shape index (κ1) is 19.1. The van der Waals surface area contributed by atoms with Gasteiger partial charge in [-0.15, -0.1) is 0 Å². The first-order valence-electron chi connectivity index (χ1n) is 7.96. The Hall–Kier alpha value is -2.67. The van der Waals surface area contributed by atoms with E-state index in [-0.39, 0.29) is 5.91 Å². The van der Waals surface area contributed by atoms with Crippen LogP contribution in [0.2, 0.25) is 0 Å². The van der Waals surface area contributed by atoms with Gasteiger partial charge in [0.15, 0.2) is 0 Å². The molecule has 1 heterocycles. The zero-order valence-electron chi connectivity index (χ0n) is 14.1. The van der Waals surface area contributed by atoms with Gasteiger partial charge in [-0.3, -0.25) is 4.79 Å². The average molecular weight is 435 g/mol. The van der Waals surface area contributed by atoms with Crippen molar-refractivity contribution in [2.24, 2.45) is 0 Å². The summed E-state index contributed by atoms with van der Waals surface area (Å²) in [6.07, 6.45) is -2.83. The van der Waals surface area contributed by atoms with Gasteiger partial charge in [0.05, 0.1) is 5.56 Å². The second-order valence-electron chi connectivity index (χ2n) is 5.89. The van der Waals surface area contributed by atoms with Gasteiger partial charge >= 0.3 is 6.18 Å². The maximum absolute atomic E-state index is 12.8. The van der Waals surface area contributed by atoms with Crippen molar-refractivity contribution in [1.82, 2.24) is 4.98 Å². The number of hydrogen-bond donors (Lipinski definition) is 1. The monoisotopic (exact) mass is 434 g/mol. The molecular weight excluding hydrogens is 421 g/mol. The number of aromatic nitrogens is 1. The largest absolute Gasteiger partial charge is 0.416 e. The lowest BCUT2D eigenvalue weighted by Gasteiger charge is -2.12. The Balaban J connectivity index is 1.93. The summed E-state index contributed by atoms with van der Waals surface area (Å²) in [5.74, 6) is 0.0360. The SMILES string of the molecule is Cc1cc(Br)cnc1NC(=O)c1ccccc1-c1ccc(C(F)(F)F)cc1. The van der Waals surface area contributed by atoms with Crippen LogP contribution in [-0.4, -0.2) is 10.9 Å². The van der Waals surface area contributed by atoms with Crippen molar-refractivity contribution < 1.29 is 18.0 Å². The van der Waals surface area contributed by atoms with Gasteiger partial charge in [0.25, 0.3) is 5.91 Å². The molecule has 7 heteroatoms. The molecule has 0 aliphatic rings. The van der Waals surface area contributed by atoms with Crippen molar-refractivity contribution in [3.8, 4) is 11.1 Å². The number of halogens is 4. The number of hydrogen-bond acceptors (Lipinski definition) is 2. The summed E-state index contributed by atoms with van der Waals surface area (Å²) < 4.78 is 39.1. The highest BCUT2D eigenvalue weighted by molar-refractivity contribution is 9.10. The summed E-state index contributed by atoms with van der Waals surface area (Å²) in [5, 5.41) is 2.75. The summed E-state index contributed by atoms with van der Waals surface area (Å²) in [4.78, 5) is 16.9. The molecule has 0 bridgehead atoms. The van der Waals surface area contributed by atoms with Crippen LogP contribution in [0.1, 0.15) is 21.5 Å². The third-order valence-corrected chi connectivity index (χ3v) is 4.41. The van der Waals surface area contributed by atoms with Gasteiger partial charge in [0, 0.05) is 16.2 Å². The van der Waals surface area contributed by atoms with Crippen LogP contribution < -0.4 is 5.32 Å². The first-order chi connectivity index (χ1) is 12.8. The molecule has 3 aromatic rings. The lowest BCUT2D eigenvalue weighted by atomic mass is 9.98. The van der Waals surface area contributed by atoms with E-state index >= 15 is 0 Å². The van der Waals surface area contributed by atoms with Crippen molar-refractivity contribution in [1.29, 1.82) is 0 Å². The first-order valence-corrected chi connectivity index (χ1v) is 8.75. The Bertz CT molecular complexity index is 985. The lowest BCUT2D eigenvalue weighted by molar-refractivity contribution is -0.137. The smallest absolute Gasteiger partial charge is 0.306 e. The van der Waals surface area contributed by atoms with Gasteiger partial charge in [-0.1, -0.05) is 30.3 Å². The van der Waals surface area contributed by atoms with Crippen LogP contribution in [0, 0.1) is 6.92 Å². The van der Waals surface area contributed by atoms with Crippen molar-refractivity contribution in [2.75, 3.05) is 5.32 Å². The predicted octanol–water partition coefficient (Wildman–Crippen LogP) is 6.09. The van der Waals surface area contributed by atoms with Crippen molar-refractivity contribution >= 4 is 27.7 Å². The molecule has 0 unspecified atom stereocenters. The Morgan fingerprint density at radius 3 is 2.37 bits per heavy atom. The number of carbonyl (C=O) groups excluding carboxylic acids is 1. The Morgan fingerprint density at radius 2 is 1.74 bits per heavy atom. The second kappa shape index (κ2) is 7.52. The predicted molar refractivity (Wildman–Crippen MR) is 102 cm³/mol. The average Bonchev–Trinajstić information content (AvgIpc) is 2.63. The van der Waals surface area contributed by atoms with E-state index in [1.165, 1.54) is 12.1 Å². The number of benzene rings is 2. The minimum Gasteiger partial charge on any atom is -0.306 e. The molecular formula is C20H14BrF3N2O. The molecule has 1 amide bonds. The summed E-state index contributed by atoms with van der Waals surface area (Å²) >= 11 is 3.31. The van der Waals surface area contributed by atoms with E-state index in [4.69, 9.17) is 0 Å². The minimum absolute atomic E-state index is 0.348. The number of amides is 1. The second-order valence-corrected chi connectivity index (χ2v) is 6.81. The van der Waals surface area contributed by atoms with Crippen molar-refractivity contribution in [2.45, 2.75) is 13.1 Å². The Morgan fingerprint density at radius 1 is 1.07 bits per heavy atom. The van der Waals surface area contributed by atoms with Crippen LogP contribution in [0.5, 0.6) is 0 Å². The standard InChI is InChI=1S/C20H14BrF3N2O/c1-12-10-15(21)11-25-18(12)26-19(27)17-5-3-2-4-16(17)13-6-8-14(9-7-13)20(22,23)24/h2-11H,1H3,(H,25,26,27). The molecule has 3 nitrogen and oxygen atoms in total. The maximum atomic E-state index is 12.8. The van der Waals surface area contributed by atoms with Crippen LogP contribution in [-0.2, 0) is 6.18 Å². The molecule has 0 atom stereocenters. The van der Waals surface area contributed by atoms with Gasteiger partial charge in [-0.2, -0.15) is 13.2 Å². The number of anilines is 1. The molecule has 0 radical (unpaired) electrons. The van der Waals surface area contributed by atoms with Crippen molar-refractivity contribution in [3.05, 3.63) is 82.0 Å². The van der Waals surface area contributed by atoms with Crippen LogP contribution in [0.25, 0.3) is 11.1 Å². The quantitative estimate of drug-likeness (QED) is 0.541. The van der Waals surface area contributed by atoms with Gasteiger partial charge in [-0.05, 0) is 63.8 Å². The summed E-state index contributed by atoms with van der Waals surface area (Å²) in [7, 11) is 0. The molecule has 3 rings (SSSR count). The van der Waals surface area contributed by atoms with Crippen LogP contribution in [0.15, 0.2) is 65.3 Å². The molecule has 1 aromatic heterocycles. The summed E-state index contributed by atoms with van der Waals surface area (Å²) in [5.41, 5.74) is 1.46. The maximum Gasteiger partial charge on any atom is 0.416 e. The molecule has 0 spiro atoms. The highest BCUT2D eigenvalue weighted by atomic mass is 79.9. The normalized spacial score (nSPS) is 11.3. The van der Waals surface area contributed by atoms with Gasteiger partial charge in [0.1, 0.15) is 5.82 Å². The zero-order chi connectivity index (χ0) is 19.6. The van der Waals surface area contributed by atoms with E-state index in [1.807, 2.05) is 13.0 Å². The van der Waals surface area contributed by atoms with E-state index in [1.54, 1.807) is 30.5 Å². The molecule has 27 heavy (non-hydrogen) atoms. The number of rotatable bonds is 3.